The molecule has 0 saturated heterocycles. The largest absolute Gasteiger partial charge is 0.417 e. The second-order valence-electron chi connectivity index (χ2n) is 11.6. The van der Waals surface area contributed by atoms with Crippen LogP contribution in [0.4, 0.5) is 13.2 Å². The third kappa shape index (κ3) is 6.55. The monoisotopic (exact) mass is 548 g/mol. The molecule has 0 amide bonds. The minimum Gasteiger partial charge on any atom is -0.403 e. The number of hydrogen-bond acceptors (Lipinski definition) is 2. The van der Waals surface area contributed by atoms with E-state index in [0.717, 1.165) is 22.1 Å². The van der Waals surface area contributed by atoms with Crippen LogP contribution >= 0.6 is 0 Å². The van der Waals surface area contributed by atoms with Gasteiger partial charge in [-0.15, -0.1) is 0 Å². The van der Waals surface area contributed by atoms with Gasteiger partial charge in [0.1, 0.15) is 0 Å². The van der Waals surface area contributed by atoms with Gasteiger partial charge in [-0.05, 0) is 64.9 Å². The van der Waals surface area contributed by atoms with Crippen LogP contribution in [-0.2, 0) is 15.2 Å². The maximum Gasteiger partial charge on any atom is 0.417 e. The van der Waals surface area contributed by atoms with Crippen LogP contribution in [0.3, 0.4) is 0 Å². The molecular formula is C30H39F3O2SSi. The molecule has 202 valence electrons. The molecule has 0 aliphatic carbocycles. The number of hydrogen-bond donors (Lipinski definition) is 0. The zero-order valence-corrected chi connectivity index (χ0v) is 25.1. The molecule has 7 heteroatoms. The first-order valence-corrected chi connectivity index (χ1v) is 17.4. The van der Waals surface area contributed by atoms with Crippen molar-refractivity contribution in [3.05, 3.63) is 70.8 Å². The SMILES string of the molecule is CC(C)c1cc(C(C)C)c(S(=O)c2c([C@@H](O[Si](C)(C)C)C(F)(F)F)ccc3ccccc23)c(C(C)C)c1. The van der Waals surface area contributed by atoms with E-state index in [9.17, 15) is 17.4 Å². The van der Waals surface area contributed by atoms with Crippen molar-refractivity contribution in [1.29, 1.82) is 0 Å². The van der Waals surface area contributed by atoms with Crippen LogP contribution in [0.5, 0.6) is 0 Å². The van der Waals surface area contributed by atoms with Gasteiger partial charge in [0.15, 0.2) is 14.4 Å². The fraction of sp³-hybridized carbons (Fsp3) is 0.467. The summed E-state index contributed by atoms with van der Waals surface area (Å²) in [7, 11) is -4.48. The zero-order chi connectivity index (χ0) is 27.9. The zero-order valence-electron chi connectivity index (χ0n) is 23.3. The van der Waals surface area contributed by atoms with E-state index in [1.165, 1.54) is 6.07 Å². The summed E-state index contributed by atoms with van der Waals surface area (Å²) in [5.74, 6) is 0.362. The summed E-state index contributed by atoms with van der Waals surface area (Å²) in [6.45, 7) is 17.6. The fourth-order valence-corrected chi connectivity index (χ4v) is 7.50. The van der Waals surface area contributed by atoms with Gasteiger partial charge in [0, 0.05) is 5.56 Å². The highest BCUT2D eigenvalue weighted by Gasteiger charge is 2.46. The predicted molar refractivity (Wildman–Crippen MR) is 151 cm³/mol. The van der Waals surface area contributed by atoms with Crippen molar-refractivity contribution in [3.8, 4) is 0 Å². The quantitative estimate of drug-likeness (QED) is 0.262. The van der Waals surface area contributed by atoms with Gasteiger partial charge in [0.2, 0.25) is 0 Å². The summed E-state index contributed by atoms with van der Waals surface area (Å²) in [6, 6.07) is 14.5. The summed E-state index contributed by atoms with van der Waals surface area (Å²) >= 11 is 0. The predicted octanol–water partition coefficient (Wildman–Crippen LogP) is 9.83. The molecule has 0 radical (unpaired) electrons. The molecule has 0 aliphatic rings. The average Bonchev–Trinajstić information content (AvgIpc) is 2.79. The summed E-state index contributed by atoms with van der Waals surface area (Å²) in [6.07, 6.45) is -6.80. The van der Waals surface area contributed by atoms with E-state index < -0.39 is 31.4 Å². The Bertz CT molecular complexity index is 1260. The Morgan fingerprint density at radius 3 is 1.76 bits per heavy atom. The first-order valence-electron chi connectivity index (χ1n) is 12.9. The van der Waals surface area contributed by atoms with Crippen LogP contribution in [0.25, 0.3) is 10.8 Å². The highest BCUT2D eigenvalue weighted by atomic mass is 32.2. The lowest BCUT2D eigenvalue weighted by Crippen LogP contribution is -2.35. The molecule has 2 atom stereocenters. The maximum absolute atomic E-state index is 14.7. The molecule has 0 bridgehead atoms. The first-order chi connectivity index (χ1) is 17.0. The van der Waals surface area contributed by atoms with E-state index in [1.807, 2.05) is 39.8 Å². The highest BCUT2D eigenvalue weighted by Crippen LogP contribution is 2.45. The number of rotatable bonds is 8. The molecule has 1 unspecified atom stereocenters. The van der Waals surface area contributed by atoms with E-state index in [0.29, 0.717) is 10.3 Å². The second kappa shape index (κ2) is 11.0. The molecule has 37 heavy (non-hydrogen) atoms. The van der Waals surface area contributed by atoms with Crippen molar-refractivity contribution in [1.82, 2.24) is 0 Å². The molecule has 0 N–H and O–H groups in total. The molecule has 0 aliphatic heterocycles. The van der Waals surface area contributed by atoms with Gasteiger partial charge in [0.25, 0.3) is 0 Å². The van der Waals surface area contributed by atoms with Gasteiger partial charge >= 0.3 is 6.18 Å². The first kappa shape index (κ1) is 29.6. The Morgan fingerprint density at radius 2 is 1.30 bits per heavy atom. The van der Waals surface area contributed by atoms with Gasteiger partial charge in [0.05, 0.1) is 20.6 Å². The summed E-state index contributed by atoms with van der Waals surface area (Å²) in [5.41, 5.74) is 2.91. The molecule has 3 aromatic carbocycles. The number of benzene rings is 3. The van der Waals surface area contributed by atoms with Crippen LogP contribution < -0.4 is 0 Å². The van der Waals surface area contributed by atoms with E-state index in [-0.39, 0.29) is 28.2 Å². The van der Waals surface area contributed by atoms with Crippen LogP contribution in [0, 0.1) is 0 Å². The van der Waals surface area contributed by atoms with Gasteiger partial charge in [-0.1, -0.05) is 90.1 Å². The van der Waals surface area contributed by atoms with Crippen molar-refractivity contribution in [2.24, 2.45) is 0 Å². The Labute approximate surface area is 223 Å². The van der Waals surface area contributed by atoms with Gasteiger partial charge in [-0.25, -0.2) is 4.21 Å². The molecule has 0 spiro atoms. The van der Waals surface area contributed by atoms with Crippen LogP contribution in [0.1, 0.15) is 87.7 Å². The van der Waals surface area contributed by atoms with Crippen molar-refractivity contribution in [2.75, 3.05) is 0 Å². The third-order valence-electron chi connectivity index (χ3n) is 6.41. The smallest absolute Gasteiger partial charge is 0.403 e. The standard InChI is InChI=1S/C30H39F3O2SSi/c1-18(2)22-16-25(19(3)4)28(26(17-22)20(5)6)36(34)27-23-13-11-10-12-21(23)14-15-24(27)29(30(31,32)33)35-37(7,8)9/h10-20,29H,1-9H3/t29-,36?/m1/s1. The van der Waals surface area contributed by atoms with E-state index in [1.54, 1.807) is 37.8 Å². The van der Waals surface area contributed by atoms with E-state index >= 15 is 0 Å². The fourth-order valence-electron chi connectivity index (χ4n) is 4.54. The maximum atomic E-state index is 14.7. The topological polar surface area (TPSA) is 26.3 Å². The lowest BCUT2D eigenvalue weighted by Gasteiger charge is -2.30. The minimum atomic E-state index is -4.65. The Balaban J connectivity index is 2.45. The van der Waals surface area contributed by atoms with Crippen LogP contribution in [-0.4, -0.2) is 18.7 Å². The van der Waals surface area contributed by atoms with E-state index in [2.05, 4.69) is 26.0 Å². The molecule has 3 rings (SSSR count). The Kier molecular flexibility index (Phi) is 8.82. The van der Waals surface area contributed by atoms with Gasteiger partial charge in [-0.3, -0.25) is 0 Å². The lowest BCUT2D eigenvalue weighted by molar-refractivity contribution is -0.201. The second-order valence-corrected chi connectivity index (χ2v) is 17.4. The molecule has 2 nitrogen and oxygen atoms in total. The molecule has 0 saturated carbocycles. The van der Waals surface area contributed by atoms with Crippen molar-refractivity contribution < 1.29 is 21.8 Å². The van der Waals surface area contributed by atoms with Crippen LogP contribution in [0.2, 0.25) is 19.6 Å². The molecular weight excluding hydrogens is 509 g/mol. The Morgan fingerprint density at radius 1 is 0.757 bits per heavy atom. The molecule has 0 fully saturated rings. The molecule has 0 heterocycles. The lowest BCUT2D eigenvalue weighted by atomic mass is 9.89. The third-order valence-corrected chi connectivity index (χ3v) is 9.02. The number of halogens is 3. The number of fused-ring (bicyclic) bond motifs is 1. The summed E-state index contributed by atoms with van der Waals surface area (Å²) < 4.78 is 64.1. The van der Waals surface area contributed by atoms with Gasteiger partial charge < -0.3 is 4.43 Å². The summed E-state index contributed by atoms with van der Waals surface area (Å²) in [5, 5.41) is 1.31. The summed E-state index contributed by atoms with van der Waals surface area (Å²) in [4.78, 5) is 0.820. The van der Waals surface area contributed by atoms with Crippen molar-refractivity contribution >= 4 is 29.9 Å². The average molecular weight is 549 g/mol. The van der Waals surface area contributed by atoms with Gasteiger partial charge in [-0.2, -0.15) is 13.2 Å². The molecule has 3 aromatic rings. The number of alkyl halides is 3. The molecule has 0 aromatic heterocycles. The highest BCUT2D eigenvalue weighted by molar-refractivity contribution is 7.85. The van der Waals surface area contributed by atoms with E-state index in [4.69, 9.17) is 4.43 Å². The van der Waals surface area contributed by atoms with Crippen LogP contribution in [0.15, 0.2) is 58.3 Å². The minimum absolute atomic E-state index is 0.0465. The van der Waals surface area contributed by atoms with Crippen molar-refractivity contribution in [2.45, 2.75) is 101 Å². The Hall–Kier alpha value is -1.96. The van der Waals surface area contributed by atoms with Crippen molar-refractivity contribution in [3.63, 3.8) is 0 Å². The normalized spacial score (nSPS) is 14.7.